The normalized spacial score (nSPS) is 12.0. The highest BCUT2D eigenvalue weighted by atomic mass is 35.5. The van der Waals surface area contributed by atoms with Gasteiger partial charge in [0.2, 0.25) is 0 Å². The maximum absolute atomic E-state index is 11.6. The molecule has 0 saturated heterocycles. The van der Waals surface area contributed by atoms with Gasteiger partial charge in [0.15, 0.2) is 0 Å². The number of nitrogens with one attached hydrogen (secondary N) is 2. The van der Waals surface area contributed by atoms with Crippen molar-refractivity contribution in [1.29, 1.82) is 0 Å². The molecule has 8 nitrogen and oxygen atoms in total. The third-order valence-electron chi connectivity index (χ3n) is 5.46. The van der Waals surface area contributed by atoms with E-state index >= 15 is 0 Å². The molecule has 9 heteroatoms. The summed E-state index contributed by atoms with van der Waals surface area (Å²) in [5.41, 5.74) is 5.90. The molecule has 0 aliphatic carbocycles. The van der Waals surface area contributed by atoms with E-state index in [4.69, 9.17) is 15.2 Å². The van der Waals surface area contributed by atoms with Crippen LogP contribution in [-0.2, 0) is 9.47 Å². The zero-order valence-corrected chi connectivity index (χ0v) is 34.5. The van der Waals surface area contributed by atoms with Crippen LogP contribution in [0.4, 0.5) is 9.59 Å². The van der Waals surface area contributed by atoms with Crippen molar-refractivity contribution >= 4 is 24.6 Å². The number of amides is 2. The number of hydrogen-bond donors (Lipinski definition) is 3. The molecule has 276 valence electrons. The van der Waals surface area contributed by atoms with Crippen LogP contribution < -0.4 is 16.4 Å². The van der Waals surface area contributed by atoms with Crippen LogP contribution in [0.2, 0.25) is 0 Å². The Morgan fingerprint density at radius 2 is 0.956 bits per heavy atom. The number of nitrogens with zero attached hydrogens (tertiary/aromatic N) is 1. The minimum absolute atomic E-state index is 0. The summed E-state index contributed by atoms with van der Waals surface area (Å²) in [4.78, 5) is 24.4. The lowest BCUT2D eigenvalue weighted by molar-refractivity contribution is 0.0283. The fourth-order valence-corrected chi connectivity index (χ4v) is 2.72. The molecule has 4 N–H and O–H groups in total. The van der Waals surface area contributed by atoms with Gasteiger partial charge in [-0.2, -0.15) is 0 Å². The van der Waals surface area contributed by atoms with E-state index in [1.54, 1.807) is 11.9 Å². The standard InChI is InChI=1S/C12H25NO2.C11H23NO2.C7H17N.C6H15N.ClH/c1-11(2,3)8-9-13(7)10(14)15-12(4,5)6;1-10(2,3)7-8-12-9(13)14-11(4,5)6;1-7(2,3)5-6-8-4;1-6(2,3)4-5-7;/h8-9H2,1-7H3;7-8H2,1-6H3,(H,12,13);8H,5-6H2,1-4H3;4-5,7H2,1-3H3;1H. The number of carbonyl (C=O) groups is 2. The lowest BCUT2D eigenvalue weighted by atomic mass is 9.92. The second kappa shape index (κ2) is 24.0. The summed E-state index contributed by atoms with van der Waals surface area (Å²) in [6.07, 6.45) is 3.72. The predicted molar refractivity (Wildman–Crippen MR) is 200 cm³/mol. The fourth-order valence-electron chi connectivity index (χ4n) is 2.72. The maximum atomic E-state index is 11.6. The largest absolute Gasteiger partial charge is 0.444 e. The molecule has 0 saturated carbocycles. The van der Waals surface area contributed by atoms with E-state index in [0.717, 1.165) is 38.9 Å². The Morgan fingerprint density at radius 1 is 0.600 bits per heavy atom. The number of hydrogen-bond acceptors (Lipinski definition) is 6. The molecule has 0 aliphatic rings. The minimum Gasteiger partial charge on any atom is -0.444 e. The second-order valence-corrected chi connectivity index (χ2v) is 18.5. The van der Waals surface area contributed by atoms with Gasteiger partial charge in [-0.15, -0.1) is 12.4 Å². The first kappa shape index (κ1) is 53.2. The summed E-state index contributed by atoms with van der Waals surface area (Å²) in [6, 6.07) is 0. The molecule has 0 heterocycles. The third kappa shape index (κ3) is 58.8. The molecule has 0 aliphatic heterocycles. The third-order valence-corrected chi connectivity index (χ3v) is 5.46. The van der Waals surface area contributed by atoms with E-state index in [0.29, 0.717) is 17.4 Å². The molecule has 0 aromatic carbocycles. The number of carbonyl (C=O) groups excluding carboxylic acids is 2. The van der Waals surface area contributed by atoms with Crippen LogP contribution in [0.25, 0.3) is 0 Å². The summed E-state index contributed by atoms with van der Waals surface area (Å²) in [7, 11) is 3.77. The van der Waals surface area contributed by atoms with Gasteiger partial charge < -0.3 is 30.7 Å². The highest BCUT2D eigenvalue weighted by Gasteiger charge is 2.21. The average Bonchev–Trinajstić information content (AvgIpc) is 2.72. The van der Waals surface area contributed by atoms with E-state index < -0.39 is 11.2 Å². The fraction of sp³-hybridized carbons (Fsp3) is 0.944. The van der Waals surface area contributed by atoms with Crippen molar-refractivity contribution in [3.63, 3.8) is 0 Å². The lowest BCUT2D eigenvalue weighted by Gasteiger charge is -2.27. The molecule has 0 aromatic heterocycles. The van der Waals surface area contributed by atoms with Crippen LogP contribution in [0.15, 0.2) is 0 Å². The van der Waals surface area contributed by atoms with Gasteiger partial charge in [-0.05, 0) is 109 Å². The molecule has 0 rings (SSSR count). The quantitative estimate of drug-likeness (QED) is 0.249. The van der Waals surface area contributed by atoms with Gasteiger partial charge in [-0.25, -0.2) is 9.59 Å². The Labute approximate surface area is 287 Å². The van der Waals surface area contributed by atoms with Crippen LogP contribution in [0.1, 0.15) is 150 Å². The topological polar surface area (TPSA) is 106 Å². The molecular formula is C36H81ClN4O4. The molecule has 0 unspecified atom stereocenters. The SMILES string of the molecule is CC(C)(C)CCN.CC(C)(C)CCNC(=O)OC(C)(C)C.CN(CCC(C)(C)C)C(=O)OC(C)(C)C.CNCCC(C)(C)C.Cl. The van der Waals surface area contributed by atoms with Gasteiger partial charge in [0.1, 0.15) is 11.2 Å². The molecule has 0 aromatic rings. The van der Waals surface area contributed by atoms with Crippen LogP contribution in [-0.4, -0.2) is 68.6 Å². The van der Waals surface area contributed by atoms with Crippen molar-refractivity contribution in [3.8, 4) is 0 Å². The van der Waals surface area contributed by atoms with Gasteiger partial charge in [0.05, 0.1) is 0 Å². The van der Waals surface area contributed by atoms with E-state index in [2.05, 4.69) is 93.7 Å². The van der Waals surface area contributed by atoms with Gasteiger partial charge in [-0.3, -0.25) is 0 Å². The van der Waals surface area contributed by atoms with Gasteiger partial charge in [0, 0.05) is 20.1 Å². The Hall–Kier alpha value is -1.25. The van der Waals surface area contributed by atoms with Gasteiger partial charge >= 0.3 is 12.2 Å². The van der Waals surface area contributed by atoms with E-state index in [9.17, 15) is 9.59 Å². The van der Waals surface area contributed by atoms with E-state index in [1.165, 1.54) is 6.42 Å². The Balaban J connectivity index is -0.000000164. The van der Waals surface area contributed by atoms with Crippen molar-refractivity contribution in [3.05, 3.63) is 0 Å². The Kier molecular flexibility index (Phi) is 28.4. The highest BCUT2D eigenvalue weighted by molar-refractivity contribution is 5.85. The molecule has 2 amide bonds. The zero-order valence-electron chi connectivity index (χ0n) is 33.7. The highest BCUT2D eigenvalue weighted by Crippen LogP contribution is 2.20. The monoisotopic (exact) mass is 669 g/mol. The Morgan fingerprint density at radius 3 is 1.20 bits per heavy atom. The number of halogens is 1. The van der Waals surface area contributed by atoms with Gasteiger partial charge in [-0.1, -0.05) is 83.1 Å². The summed E-state index contributed by atoms with van der Waals surface area (Å²) >= 11 is 0. The summed E-state index contributed by atoms with van der Waals surface area (Å²) in [5, 5.41) is 5.86. The maximum Gasteiger partial charge on any atom is 0.410 e. The van der Waals surface area contributed by atoms with Crippen LogP contribution >= 0.6 is 12.4 Å². The number of nitrogens with two attached hydrogens (primary N) is 1. The van der Waals surface area contributed by atoms with Crippen molar-refractivity contribution in [1.82, 2.24) is 15.5 Å². The molecule has 0 fully saturated rings. The smallest absolute Gasteiger partial charge is 0.410 e. The molecule has 0 bridgehead atoms. The summed E-state index contributed by atoms with van der Waals surface area (Å²) in [5.74, 6) is 0. The molecule has 45 heavy (non-hydrogen) atoms. The van der Waals surface area contributed by atoms with E-state index in [1.807, 2.05) is 48.6 Å². The van der Waals surface area contributed by atoms with Crippen molar-refractivity contribution in [2.75, 3.05) is 40.3 Å². The molecule has 0 radical (unpaired) electrons. The van der Waals surface area contributed by atoms with Gasteiger partial charge in [0.25, 0.3) is 0 Å². The summed E-state index contributed by atoms with van der Waals surface area (Å²) in [6.45, 7) is 40.8. The van der Waals surface area contributed by atoms with Crippen molar-refractivity contribution < 1.29 is 19.1 Å². The summed E-state index contributed by atoms with van der Waals surface area (Å²) < 4.78 is 10.4. The average molecular weight is 670 g/mol. The first-order valence-electron chi connectivity index (χ1n) is 16.5. The minimum atomic E-state index is -0.411. The zero-order chi connectivity index (χ0) is 36.2. The first-order chi connectivity index (χ1) is 19.2. The Bertz CT molecular complexity index is 733. The second-order valence-electron chi connectivity index (χ2n) is 18.5. The van der Waals surface area contributed by atoms with E-state index in [-0.39, 0.29) is 35.4 Å². The van der Waals surface area contributed by atoms with Crippen LogP contribution in [0.3, 0.4) is 0 Å². The number of alkyl carbamates (subject to hydrolysis) is 1. The molecule has 0 spiro atoms. The van der Waals surface area contributed by atoms with Crippen LogP contribution in [0, 0.1) is 21.7 Å². The first-order valence-corrected chi connectivity index (χ1v) is 16.5. The lowest BCUT2D eigenvalue weighted by Crippen LogP contribution is -2.35. The number of ether oxygens (including phenoxy) is 2. The molecule has 0 atom stereocenters. The predicted octanol–water partition coefficient (Wildman–Crippen LogP) is 9.68. The van der Waals surface area contributed by atoms with Crippen LogP contribution in [0.5, 0.6) is 0 Å². The van der Waals surface area contributed by atoms with Crippen molar-refractivity contribution in [2.24, 2.45) is 27.4 Å². The van der Waals surface area contributed by atoms with Crippen molar-refractivity contribution in [2.45, 2.75) is 162 Å². The molecular weight excluding hydrogens is 588 g/mol. The number of rotatable bonds is 7.